The smallest absolute Gasteiger partial charge is 0.261 e. The van der Waals surface area contributed by atoms with Crippen LogP contribution in [0.15, 0.2) is 29.8 Å². The number of carbonyl (C=O) groups excluding carboxylic acids is 1. The molecule has 3 heterocycles. The Morgan fingerprint density at radius 2 is 2.39 bits per heavy atom. The van der Waals surface area contributed by atoms with Crippen LogP contribution in [0.5, 0.6) is 0 Å². The summed E-state index contributed by atoms with van der Waals surface area (Å²) in [5, 5.41) is 14.8. The second kappa shape index (κ2) is 7.10. The molecule has 5 nitrogen and oxygen atoms in total. The Hall–Kier alpha value is -1.92. The van der Waals surface area contributed by atoms with E-state index in [9.17, 15) is 9.90 Å². The number of aryl methyl sites for hydroxylation is 1. The maximum atomic E-state index is 12.3. The number of carbonyl (C=O) groups is 1. The Morgan fingerprint density at radius 1 is 1.52 bits per heavy atom. The van der Waals surface area contributed by atoms with Crippen molar-refractivity contribution in [1.29, 1.82) is 0 Å². The molecule has 0 bridgehead atoms. The maximum Gasteiger partial charge on any atom is 0.261 e. The molecule has 3 rings (SSSR count). The highest BCUT2D eigenvalue weighted by Gasteiger charge is 2.21. The summed E-state index contributed by atoms with van der Waals surface area (Å²) in [4.78, 5) is 19.6. The first-order valence-electron chi connectivity index (χ1n) is 7.84. The Morgan fingerprint density at radius 3 is 3.13 bits per heavy atom. The third kappa shape index (κ3) is 3.71. The van der Waals surface area contributed by atoms with Crippen LogP contribution in [0, 0.1) is 6.92 Å². The molecule has 0 aromatic carbocycles. The number of pyridine rings is 1. The van der Waals surface area contributed by atoms with Gasteiger partial charge in [-0.1, -0.05) is 6.07 Å². The number of rotatable bonds is 4. The number of β-amino-alcohol motifs (C(OH)–C–C–N with tert-alkyl or cyclic N) is 1. The minimum absolute atomic E-state index is 0.0500. The van der Waals surface area contributed by atoms with Gasteiger partial charge in [0.1, 0.15) is 5.82 Å². The Kier molecular flexibility index (Phi) is 4.93. The largest absolute Gasteiger partial charge is 0.391 e. The van der Waals surface area contributed by atoms with Crippen molar-refractivity contribution in [1.82, 2.24) is 10.3 Å². The van der Waals surface area contributed by atoms with Gasteiger partial charge in [0, 0.05) is 31.4 Å². The number of piperidine rings is 1. The van der Waals surface area contributed by atoms with Crippen molar-refractivity contribution in [3.8, 4) is 0 Å². The molecule has 2 aromatic heterocycles. The van der Waals surface area contributed by atoms with E-state index in [1.807, 2.05) is 30.5 Å². The van der Waals surface area contributed by atoms with Gasteiger partial charge in [0.25, 0.3) is 5.91 Å². The predicted molar refractivity (Wildman–Crippen MR) is 91.9 cm³/mol. The van der Waals surface area contributed by atoms with E-state index in [-0.39, 0.29) is 12.0 Å². The summed E-state index contributed by atoms with van der Waals surface area (Å²) in [6.07, 6.45) is 3.25. The first-order chi connectivity index (χ1) is 11.1. The van der Waals surface area contributed by atoms with Crippen LogP contribution in [0.4, 0.5) is 5.82 Å². The molecule has 1 saturated heterocycles. The van der Waals surface area contributed by atoms with E-state index in [1.54, 1.807) is 6.20 Å². The van der Waals surface area contributed by atoms with Gasteiger partial charge in [0.05, 0.1) is 11.0 Å². The van der Waals surface area contributed by atoms with Crippen molar-refractivity contribution in [3.05, 3.63) is 45.8 Å². The van der Waals surface area contributed by atoms with Crippen LogP contribution in [-0.4, -0.2) is 35.2 Å². The van der Waals surface area contributed by atoms with E-state index in [2.05, 4.69) is 15.2 Å². The fraction of sp³-hybridized carbons (Fsp3) is 0.412. The summed E-state index contributed by atoms with van der Waals surface area (Å²) in [6, 6.07) is 5.80. The van der Waals surface area contributed by atoms with Gasteiger partial charge < -0.3 is 15.3 Å². The lowest BCUT2D eigenvalue weighted by molar-refractivity contribution is 0.0954. The number of aliphatic hydroxyl groups excluding tert-OH is 1. The molecule has 0 radical (unpaired) electrons. The highest BCUT2D eigenvalue weighted by Crippen LogP contribution is 2.22. The summed E-state index contributed by atoms with van der Waals surface area (Å²) in [5.41, 5.74) is 1.97. The summed E-state index contributed by atoms with van der Waals surface area (Å²) in [5.74, 6) is 0.806. The Balaban J connectivity index is 1.71. The normalized spacial score (nSPS) is 18.0. The number of hydrogen-bond donors (Lipinski definition) is 2. The van der Waals surface area contributed by atoms with E-state index in [0.29, 0.717) is 13.1 Å². The van der Waals surface area contributed by atoms with Gasteiger partial charge in [0.15, 0.2) is 0 Å². The predicted octanol–water partition coefficient (Wildman–Crippen LogP) is 2.34. The summed E-state index contributed by atoms with van der Waals surface area (Å²) in [6.45, 7) is 3.86. The molecule has 2 aromatic rings. The minimum atomic E-state index is -0.304. The van der Waals surface area contributed by atoms with E-state index < -0.39 is 0 Å². The second-order valence-corrected chi connectivity index (χ2v) is 6.76. The van der Waals surface area contributed by atoms with Gasteiger partial charge in [-0.25, -0.2) is 4.98 Å². The van der Waals surface area contributed by atoms with Gasteiger partial charge in [0.2, 0.25) is 0 Å². The molecule has 122 valence electrons. The van der Waals surface area contributed by atoms with Gasteiger partial charge in [-0.05, 0) is 42.8 Å². The lowest BCUT2D eigenvalue weighted by Gasteiger charge is -2.32. The summed E-state index contributed by atoms with van der Waals surface area (Å²) in [7, 11) is 0. The lowest BCUT2D eigenvalue weighted by Crippen LogP contribution is -2.39. The molecule has 1 aliphatic rings. The van der Waals surface area contributed by atoms with Crippen LogP contribution in [0.25, 0.3) is 0 Å². The number of nitrogens with zero attached hydrogens (tertiary/aromatic N) is 2. The van der Waals surface area contributed by atoms with Crippen molar-refractivity contribution in [2.45, 2.75) is 32.4 Å². The minimum Gasteiger partial charge on any atom is -0.391 e. The van der Waals surface area contributed by atoms with Crippen LogP contribution in [0.2, 0.25) is 0 Å². The molecule has 1 aliphatic heterocycles. The quantitative estimate of drug-likeness (QED) is 0.902. The number of aromatic nitrogens is 1. The van der Waals surface area contributed by atoms with E-state index in [1.165, 1.54) is 11.3 Å². The third-order valence-corrected chi connectivity index (χ3v) is 5.09. The zero-order valence-electron chi connectivity index (χ0n) is 13.2. The summed E-state index contributed by atoms with van der Waals surface area (Å²) < 4.78 is 0. The molecule has 0 saturated carbocycles. The van der Waals surface area contributed by atoms with Crippen molar-refractivity contribution in [2.75, 3.05) is 18.0 Å². The molecule has 1 amide bonds. The zero-order valence-corrected chi connectivity index (χ0v) is 14.0. The van der Waals surface area contributed by atoms with Gasteiger partial charge in [-0.2, -0.15) is 0 Å². The van der Waals surface area contributed by atoms with Crippen molar-refractivity contribution < 1.29 is 9.90 Å². The number of amides is 1. The molecule has 0 aliphatic carbocycles. The first-order valence-corrected chi connectivity index (χ1v) is 8.72. The molecular formula is C17H21N3O2S. The Labute approximate surface area is 140 Å². The zero-order chi connectivity index (χ0) is 16.2. The lowest BCUT2D eigenvalue weighted by atomic mass is 10.1. The topological polar surface area (TPSA) is 65.5 Å². The second-order valence-electron chi connectivity index (χ2n) is 5.84. The molecule has 1 atom stereocenters. The van der Waals surface area contributed by atoms with E-state index >= 15 is 0 Å². The number of anilines is 1. The van der Waals surface area contributed by atoms with Crippen LogP contribution in [0.3, 0.4) is 0 Å². The number of thiophene rings is 1. The van der Waals surface area contributed by atoms with Crippen molar-refractivity contribution >= 4 is 23.1 Å². The van der Waals surface area contributed by atoms with Gasteiger partial charge in [-0.15, -0.1) is 11.3 Å². The highest BCUT2D eigenvalue weighted by atomic mass is 32.1. The first kappa shape index (κ1) is 16.0. The maximum absolute atomic E-state index is 12.3. The molecule has 23 heavy (non-hydrogen) atoms. The van der Waals surface area contributed by atoms with Crippen LogP contribution >= 0.6 is 11.3 Å². The number of aliphatic hydroxyl groups is 1. The van der Waals surface area contributed by atoms with Crippen LogP contribution in [-0.2, 0) is 6.54 Å². The molecule has 2 N–H and O–H groups in total. The summed E-state index contributed by atoms with van der Waals surface area (Å²) >= 11 is 1.45. The number of nitrogens with one attached hydrogen (secondary N) is 1. The fourth-order valence-corrected chi connectivity index (χ4v) is 3.70. The van der Waals surface area contributed by atoms with Crippen molar-refractivity contribution in [2.24, 2.45) is 0 Å². The third-order valence-electron chi connectivity index (χ3n) is 4.07. The molecule has 1 unspecified atom stereocenters. The average molecular weight is 331 g/mol. The molecule has 6 heteroatoms. The van der Waals surface area contributed by atoms with E-state index in [4.69, 9.17) is 0 Å². The highest BCUT2D eigenvalue weighted by molar-refractivity contribution is 7.12. The monoisotopic (exact) mass is 331 g/mol. The fourth-order valence-electron chi connectivity index (χ4n) is 2.86. The van der Waals surface area contributed by atoms with E-state index in [0.717, 1.165) is 41.2 Å². The Bertz CT molecular complexity index is 686. The number of hydrogen-bond acceptors (Lipinski definition) is 5. The van der Waals surface area contributed by atoms with Gasteiger partial charge >= 0.3 is 0 Å². The standard InChI is InChI=1S/C17H21N3O2S/c1-12-6-9-23-15(12)17(22)19-10-13-4-2-7-18-16(13)20-8-3-5-14(21)11-20/h2,4,6-7,9,14,21H,3,5,8,10-11H2,1H3,(H,19,22). The van der Waals surface area contributed by atoms with Crippen molar-refractivity contribution in [3.63, 3.8) is 0 Å². The van der Waals surface area contributed by atoms with Gasteiger partial charge in [-0.3, -0.25) is 4.79 Å². The molecular weight excluding hydrogens is 310 g/mol. The molecule has 1 fully saturated rings. The molecule has 0 spiro atoms. The SMILES string of the molecule is Cc1ccsc1C(=O)NCc1cccnc1N1CCCC(O)C1. The van der Waals surface area contributed by atoms with Crippen LogP contribution < -0.4 is 10.2 Å². The average Bonchev–Trinajstić information content (AvgIpc) is 2.99. The van der Waals surface area contributed by atoms with Crippen LogP contribution in [0.1, 0.15) is 33.6 Å².